The quantitative estimate of drug-likeness (QED) is 0.836. The summed E-state index contributed by atoms with van der Waals surface area (Å²) in [4.78, 5) is 11.1. The number of carbonyl (C=O) groups is 1. The minimum Gasteiger partial charge on any atom is -0.351 e. The maximum atomic E-state index is 11.8. The van der Waals surface area contributed by atoms with Crippen LogP contribution in [0.1, 0.15) is 19.8 Å². The number of hydrogen-bond acceptors (Lipinski definition) is 4. The van der Waals surface area contributed by atoms with Crippen molar-refractivity contribution in [3.05, 3.63) is 29.8 Å². The predicted molar refractivity (Wildman–Crippen MR) is 67.6 cm³/mol. The summed E-state index contributed by atoms with van der Waals surface area (Å²) in [5, 5.41) is 2.66. The SMILES string of the molecule is Cc1ccc(S(=O)(=O)OC[C@@H]2CCC(=O)N2)cc1.[HH]. The van der Waals surface area contributed by atoms with Crippen LogP contribution in [0.2, 0.25) is 0 Å². The van der Waals surface area contributed by atoms with Gasteiger partial charge in [0.2, 0.25) is 5.91 Å². The fourth-order valence-corrected chi connectivity index (χ4v) is 2.70. The summed E-state index contributed by atoms with van der Waals surface area (Å²) in [5.41, 5.74) is 0.983. The zero-order chi connectivity index (χ0) is 13.2. The predicted octanol–water partition coefficient (Wildman–Crippen LogP) is 1.22. The lowest BCUT2D eigenvalue weighted by molar-refractivity contribution is -0.119. The Hall–Kier alpha value is -1.40. The van der Waals surface area contributed by atoms with Crippen molar-refractivity contribution in [2.45, 2.75) is 30.7 Å². The van der Waals surface area contributed by atoms with E-state index in [0.29, 0.717) is 12.8 Å². The van der Waals surface area contributed by atoms with Gasteiger partial charge < -0.3 is 5.32 Å². The molecule has 1 aromatic carbocycles. The molecule has 0 saturated carbocycles. The second-order valence-electron chi connectivity index (χ2n) is 4.35. The maximum Gasteiger partial charge on any atom is 0.297 e. The van der Waals surface area contributed by atoms with Gasteiger partial charge in [0, 0.05) is 7.85 Å². The maximum absolute atomic E-state index is 11.8. The molecule has 1 saturated heterocycles. The van der Waals surface area contributed by atoms with Crippen LogP contribution in [0.5, 0.6) is 0 Å². The molecule has 0 unspecified atom stereocenters. The highest BCUT2D eigenvalue weighted by Gasteiger charge is 2.24. The van der Waals surface area contributed by atoms with Crippen molar-refractivity contribution in [1.82, 2.24) is 5.32 Å². The van der Waals surface area contributed by atoms with E-state index in [-0.39, 0.29) is 24.9 Å². The minimum absolute atomic E-state index is 0. The molecule has 1 aliphatic heterocycles. The molecule has 0 aromatic heterocycles. The van der Waals surface area contributed by atoms with Crippen molar-refractivity contribution >= 4 is 16.0 Å². The summed E-state index contributed by atoms with van der Waals surface area (Å²) in [6.07, 6.45) is 1.04. The molecule has 1 heterocycles. The molecule has 1 fully saturated rings. The number of nitrogens with one attached hydrogen (secondary N) is 1. The Bertz CT molecular complexity index is 541. The Morgan fingerprint density at radius 1 is 1.39 bits per heavy atom. The third kappa shape index (κ3) is 3.08. The van der Waals surface area contributed by atoms with Gasteiger partial charge in [-0.1, -0.05) is 17.7 Å². The summed E-state index contributed by atoms with van der Waals surface area (Å²) >= 11 is 0. The third-order valence-corrected chi connectivity index (χ3v) is 4.11. The van der Waals surface area contributed by atoms with Gasteiger partial charge in [0.1, 0.15) is 0 Å². The van der Waals surface area contributed by atoms with Crippen LogP contribution >= 0.6 is 0 Å². The highest BCUT2D eigenvalue weighted by Crippen LogP contribution is 2.15. The summed E-state index contributed by atoms with van der Waals surface area (Å²) in [7, 11) is -3.73. The van der Waals surface area contributed by atoms with E-state index in [1.165, 1.54) is 12.1 Å². The summed E-state index contributed by atoms with van der Waals surface area (Å²) in [6, 6.07) is 6.24. The molecule has 5 nitrogen and oxygen atoms in total. The average molecular weight is 271 g/mol. The lowest BCUT2D eigenvalue weighted by Gasteiger charge is -2.10. The lowest BCUT2D eigenvalue weighted by Crippen LogP contribution is -2.30. The molecule has 100 valence electrons. The third-order valence-electron chi connectivity index (χ3n) is 2.82. The van der Waals surface area contributed by atoms with Crippen LogP contribution in [0.3, 0.4) is 0 Å². The van der Waals surface area contributed by atoms with Gasteiger partial charge >= 0.3 is 0 Å². The van der Waals surface area contributed by atoms with E-state index in [9.17, 15) is 13.2 Å². The molecule has 1 aliphatic rings. The fourth-order valence-electron chi connectivity index (χ4n) is 1.75. The molecule has 2 rings (SSSR count). The van der Waals surface area contributed by atoms with Gasteiger partial charge in [0.05, 0.1) is 17.5 Å². The molecule has 0 aliphatic carbocycles. The zero-order valence-electron chi connectivity index (χ0n) is 10.0. The molecule has 0 radical (unpaired) electrons. The lowest BCUT2D eigenvalue weighted by atomic mass is 10.2. The van der Waals surface area contributed by atoms with Crippen molar-refractivity contribution in [2.24, 2.45) is 0 Å². The van der Waals surface area contributed by atoms with E-state index < -0.39 is 10.1 Å². The van der Waals surface area contributed by atoms with Gasteiger partial charge in [-0.25, -0.2) is 0 Å². The fraction of sp³-hybridized carbons (Fsp3) is 0.417. The molecule has 1 atom stereocenters. The number of aryl methyl sites for hydroxylation is 1. The van der Waals surface area contributed by atoms with E-state index in [4.69, 9.17) is 4.18 Å². The molecule has 1 aromatic rings. The number of benzene rings is 1. The van der Waals surface area contributed by atoms with Crippen molar-refractivity contribution in [1.29, 1.82) is 0 Å². The normalized spacial score (nSPS) is 19.8. The highest BCUT2D eigenvalue weighted by atomic mass is 32.2. The second kappa shape index (κ2) is 5.07. The van der Waals surface area contributed by atoms with Crippen molar-refractivity contribution in [3.8, 4) is 0 Å². The molecule has 1 amide bonds. The smallest absolute Gasteiger partial charge is 0.297 e. The highest BCUT2D eigenvalue weighted by molar-refractivity contribution is 7.86. The molecule has 6 heteroatoms. The Morgan fingerprint density at radius 2 is 2.06 bits per heavy atom. The van der Waals surface area contributed by atoms with Crippen molar-refractivity contribution < 1.29 is 18.8 Å². The topological polar surface area (TPSA) is 72.5 Å². The van der Waals surface area contributed by atoms with E-state index in [2.05, 4.69) is 5.32 Å². The van der Waals surface area contributed by atoms with Gasteiger partial charge in [-0.15, -0.1) is 0 Å². The van der Waals surface area contributed by atoms with Crippen LogP contribution < -0.4 is 5.32 Å². The molecule has 1 N–H and O–H groups in total. The number of amides is 1. The van der Waals surface area contributed by atoms with E-state index in [1.807, 2.05) is 6.92 Å². The van der Waals surface area contributed by atoms with Crippen LogP contribution in [0.15, 0.2) is 29.2 Å². The number of hydrogen-bond donors (Lipinski definition) is 1. The monoisotopic (exact) mass is 271 g/mol. The molecule has 0 bridgehead atoms. The van der Waals surface area contributed by atoms with Gasteiger partial charge in [0.25, 0.3) is 10.1 Å². The van der Waals surface area contributed by atoms with Crippen molar-refractivity contribution in [3.63, 3.8) is 0 Å². The second-order valence-corrected chi connectivity index (χ2v) is 5.97. The van der Waals surface area contributed by atoms with Crippen LogP contribution in [-0.4, -0.2) is 27.0 Å². The number of carbonyl (C=O) groups excluding carboxylic acids is 1. The standard InChI is InChI=1S/C12H15NO4S.H2/c1-9-2-5-11(6-3-9)18(15,16)17-8-10-4-7-12(14)13-10;/h2-3,5-6,10H,4,7-8H2,1H3,(H,13,14);1H/t10-;/m0./s1. The molecular weight excluding hydrogens is 254 g/mol. The van der Waals surface area contributed by atoms with E-state index in [0.717, 1.165) is 5.56 Å². The minimum atomic E-state index is -3.73. The first-order valence-corrected chi connectivity index (χ1v) is 7.14. The van der Waals surface area contributed by atoms with Crippen LogP contribution in [0.25, 0.3) is 0 Å². The molecular formula is C12H17NO4S. The van der Waals surface area contributed by atoms with Crippen LogP contribution in [0, 0.1) is 6.92 Å². The zero-order valence-corrected chi connectivity index (χ0v) is 10.9. The van der Waals surface area contributed by atoms with Crippen molar-refractivity contribution in [2.75, 3.05) is 6.61 Å². The largest absolute Gasteiger partial charge is 0.351 e. The van der Waals surface area contributed by atoms with E-state index >= 15 is 0 Å². The molecule has 0 spiro atoms. The summed E-state index contributed by atoms with van der Waals surface area (Å²) < 4.78 is 28.6. The van der Waals surface area contributed by atoms with Crippen LogP contribution in [-0.2, 0) is 19.1 Å². The average Bonchev–Trinajstić information content (AvgIpc) is 2.73. The van der Waals surface area contributed by atoms with Gasteiger partial charge in [-0.3, -0.25) is 8.98 Å². The van der Waals surface area contributed by atoms with Gasteiger partial charge in [-0.05, 0) is 25.5 Å². The Morgan fingerprint density at radius 3 is 2.61 bits per heavy atom. The molecule has 18 heavy (non-hydrogen) atoms. The summed E-state index contributed by atoms with van der Waals surface area (Å²) in [6.45, 7) is 1.87. The first kappa shape index (κ1) is 13.0. The van der Waals surface area contributed by atoms with Gasteiger partial charge in [0.15, 0.2) is 0 Å². The Balaban J connectivity index is 0.00000180. The van der Waals surface area contributed by atoms with Crippen LogP contribution in [0.4, 0.5) is 0 Å². The first-order chi connectivity index (χ1) is 8.47. The number of rotatable bonds is 4. The first-order valence-electron chi connectivity index (χ1n) is 5.73. The van der Waals surface area contributed by atoms with Gasteiger partial charge in [-0.2, -0.15) is 8.42 Å². The Labute approximate surface area is 108 Å². The Kier molecular flexibility index (Phi) is 3.68. The van der Waals surface area contributed by atoms with E-state index in [1.54, 1.807) is 12.1 Å². The summed E-state index contributed by atoms with van der Waals surface area (Å²) in [5.74, 6) is -0.0590.